The first-order valence-electron chi connectivity index (χ1n) is 7.69. The molecule has 8 nitrogen and oxygen atoms in total. The minimum atomic E-state index is -1.92. The first-order valence-corrected chi connectivity index (χ1v) is 10.6. The molecule has 3 N–H and O–H groups in total. The summed E-state index contributed by atoms with van der Waals surface area (Å²) in [7, 11) is -1.92. The number of anilines is 1. The third-order valence-electron chi connectivity index (χ3n) is 4.67. The Hall–Kier alpha value is -1.29. The van der Waals surface area contributed by atoms with Gasteiger partial charge in [0.1, 0.15) is 18.7 Å². The van der Waals surface area contributed by atoms with Gasteiger partial charge in [0.2, 0.25) is 5.95 Å². The van der Waals surface area contributed by atoms with Crippen LogP contribution in [0.1, 0.15) is 33.4 Å². The van der Waals surface area contributed by atoms with E-state index in [4.69, 9.17) is 14.9 Å². The fourth-order valence-electron chi connectivity index (χ4n) is 2.10. The molecule has 0 aromatic carbocycles. The second-order valence-corrected chi connectivity index (χ2v) is 12.2. The molecule has 0 bridgehead atoms. The van der Waals surface area contributed by atoms with Crippen LogP contribution in [0.3, 0.4) is 0 Å². The molecule has 2 rings (SSSR count). The molecule has 9 heteroatoms. The van der Waals surface area contributed by atoms with Crippen molar-refractivity contribution < 1.29 is 14.3 Å². The van der Waals surface area contributed by atoms with Crippen molar-refractivity contribution in [2.24, 2.45) is 0 Å². The van der Waals surface area contributed by atoms with Gasteiger partial charge in [-0.05, 0) is 18.1 Å². The predicted octanol–water partition coefficient (Wildman–Crippen LogP) is 0.891. The van der Waals surface area contributed by atoms with Crippen LogP contribution in [0.2, 0.25) is 18.1 Å². The monoisotopic (exact) mass is 342 g/mol. The van der Waals surface area contributed by atoms with Gasteiger partial charge >= 0.3 is 5.69 Å². The second kappa shape index (κ2) is 6.31. The van der Waals surface area contributed by atoms with Gasteiger partial charge in [-0.2, -0.15) is 4.98 Å². The van der Waals surface area contributed by atoms with Gasteiger partial charge in [-0.25, -0.2) is 9.78 Å². The van der Waals surface area contributed by atoms with E-state index in [1.807, 2.05) is 0 Å². The van der Waals surface area contributed by atoms with Crippen molar-refractivity contribution >= 4 is 14.3 Å². The fraction of sp³-hybridized carbons (Fsp3) is 0.786. The van der Waals surface area contributed by atoms with E-state index in [2.05, 4.69) is 43.8 Å². The summed E-state index contributed by atoms with van der Waals surface area (Å²) in [5.74, 6) is -0.0809. The Balaban J connectivity index is 2.03. The number of aliphatic hydroxyl groups excluding tert-OH is 1. The lowest BCUT2D eigenvalue weighted by Crippen LogP contribution is -2.43. The van der Waals surface area contributed by atoms with Crippen molar-refractivity contribution in [3.63, 3.8) is 0 Å². The number of hydrogen-bond acceptors (Lipinski definition) is 7. The summed E-state index contributed by atoms with van der Waals surface area (Å²) in [6, 6.07) is 0. The molecule has 23 heavy (non-hydrogen) atoms. The zero-order chi connectivity index (χ0) is 17.4. The Bertz CT molecular complexity index is 614. The molecule has 130 valence electrons. The smallest absolute Gasteiger partial charge is 0.354 e. The van der Waals surface area contributed by atoms with Crippen molar-refractivity contribution in [1.82, 2.24) is 14.5 Å². The average molecular weight is 342 g/mol. The van der Waals surface area contributed by atoms with Gasteiger partial charge < -0.3 is 20.0 Å². The molecule has 0 spiro atoms. The molecule has 0 radical (unpaired) electrons. The molecule has 1 aromatic rings. The van der Waals surface area contributed by atoms with Gasteiger partial charge in [0, 0.05) is 6.42 Å². The topological polar surface area (TPSA) is 112 Å². The highest BCUT2D eigenvalue weighted by Gasteiger charge is 2.41. The van der Waals surface area contributed by atoms with Gasteiger partial charge in [0.05, 0.1) is 12.7 Å². The highest BCUT2D eigenvalue weighted by atomic mass is 28.4. The van der Waals surface area contributed by atoms with E-state index in [0.717, 1.165) is 0 Å². The third-order valence-corrected chi connectivity index (χ3v) is 9.18. The van der Waals surface area contributed by atoms with Crippen molar-refractivity contribution in [2.45, 2.75) is 63.8 Å². The Labute approximate surface area is 136 Å². The summed E-state index contributed by atoms with van der Waals surface area (Å²) in [6.45, 7) is 11.0. The van der Waals surface area contributed by atoms with Crippen molar-refractivity contribution in [2.75, 3.05) is 12.3 Å². The van der Waals surface area contributed by atoms with E-state index in [9.17, 15) is 9.90 Å². The van der Waals surface area contributed by atoms with Crippen molar-refractivity contribution in [3.05, 3.63) is 16.8 Å². The van der Waals surface area contributed by atoms with Gasteiger partial charge in [0.15, 0.2) is 8.32 Å². The molecule has 2 heterocycles. The highest BCUT2D eigenvalue weighted by Crippen LogP contribution is 2.37. The number of hydrogen-bond donors (Lipinski definition) is 2. The number of aliphatic hydroxyl groups is 1. The first-order chi connectivity index (χ1) is 10.5. The van der Waals surface area contributed by atoms with E-state index in [0.29, 0.717) is 13.0 Å². The molecular weight excluding hydrogens is 316 g/mol. The van der Waals surface area contributed by atoms with Crippen LogP contribution in [0, 0.1) is 0 Å². The number of nitrogens with zero attached hydrogens (tertiary/aromatic N) is 3. The van der Waals surface area contributed by atoms with Crippen LogP contribution in [-0.4, -0.2) is 46.8 Å². The summed E-state index contributed by atoms with van der Waals surface area (Å²) in [5, 5.41) is 10.3. The van der Waals surface area contributed by atoms with E-state index in [1.165, 1.54) is 10.9 Å². The Morgan fingerprint density at radius 3 is 2.74 bits per heavy atom. The number of ether oxygens (including phenoxy) is 1. The second-order valence-electron chi connectivity index (χ2n) is 7.41. The lowest BCUT2D eigenvalue weighted by molar-refractivity contribution is -0.0435. The quantitative estimate of drug-likeness (QED) is 0.781. The third kappa shape index (κ3) is 3.97. The van der Waals surface area contributed by atoms with Gasteiger partial charge in [0.25, 0.3) is 0 Å². The standard InChI is InChI=1S/C14H26N4O4Si/c1-14(2,3)23(4,5)21-7-10-9(19)6-11(22-10)18-8-16-12(15)17-13(18)20/h8-11,19H,6-7H2,1-5H3,(H2,15,17,20)/t9-,10-,11-/m1/s1. The molecule has 0 unspecified atom stereocenters. The minimum absolute atomic E-state index is 0.0809. The maximum atomic E-state index is 11.8. The SMILES string of the molecule is CC(C)(C)[Si](C)(C)OC[C@H]1O[C@@H](n2cnc(N)nc2=O)C[C@H]1O. The number of nitrogen functional groups attached to an aromatic ring is 1. The zero-order valence-corrected chi connectivity index (χ0v) is 15.3. The van der Waals surface area contributed by atoms with Crippen molar-refractivity contribution in [3.8, 4) is 0 Å². The Morgan fingerprint density at radius 1 is 1.52 bits per heavy atom. The number of rotatable bonds is 4. The Kier molecular flexibility index (Phi) is 4.95. The average Bonchev–Trinajstić information content (AvgIpc) is 2.76. The Morgan fingerprint density at radius 2 is 2.17 bits per heavy atom. The van der Waals surface area contributed by atoms with E-state index in [1.54, 1.807) is 0 Å². The molecular formula is C14H26N4O4Si. The van der Waals surface area contributed by atoms with Crippen LogP contribution in [0.15, 0.2) is 11.1 Å². The van der Waals surface area contributed by atoms with Crippen LogP contribution in [-0.2, 0) is 9.16 Å². The summed E-state index contributed by atoms with van der Waals surface area (Å²) < 4.78 is 13.1. The molecule has 1 aliphatic heterocycles. The van der Waals surface area contributed by atoms with E-state index >= 15 is 0 Å². The molecule has 1 fully saturated rings. The highest BCUT2D eigenvalue weighted by molar-refractivity contribution is 6.74. The van der Waals surface area contributed by atoms with E-state index in [-0.39, 0.29) is 11.0 Å². The maximum absolute atomic E-state index is 11.8. The largest absolute Gasteiger partial charge is 0.414 e. The van der Waals surface area contributed by atoms with Gasteiger partial charge in [-0.15, -0.1) is 0 Å². The van der Waals surface area contributed by atoms with E-state index < -0.39 is 32.4 Å². The van der Waals surface area contributed by atoms with Crippen LogP contribution in [0.25, 0.3) is 0 Å². The molecule has 1 aromatic heterocycles. The normalized spacial score (nSPS) is 25.7. The van der Waals surface area contributed by atoms with Crippen LogP contribution < -0.4 is 11.4 Å². The molecule has 0 amide bonds. The molecule has 0 aliphatic carbocycles. The predicted molar refractivity (Wildman–Crippen MR) is 88.4 cm³/mol. The van der Waals surface area contributed by atoms with Gasteiger partial charge in [-0.1, -0.05) is 20.8 Å². The molecule has 0 saturated carbocycles. The number of aromatic nitrogens is 3. The molecule has 3 atom stereocenters. The summed E-state index contributed by atoms with van der Waals surface area (Å²) >= 11 is 0. The lowest BCUT2D eigenvalue weighted by atomic mass is 10.2. The summed E-state index contributed by atoms with van der Waals surface area (Å²) in [4.78, 5) is 19.2. The molecule has 1 saturated heterocycles. The van der Waals surface area contributed by atoms with Gasteiger partial charge in [-0.3, -0.25) is 4.57 Å². The summed E-state index contributed by atoms with van der Waals surface area (Å²) in [6.07, 6.45) is -0.198. The van der Waals surface area contributed by atoms with Crippen LogP contribution >= 0.6 is 0 Å². The minimum Gasteiger partial charge on any atom is -0.414 e. The zero-order valence-electron chi connectivity index (χ0n) is 14.3. The molecule has 1 aliphatic rings. The van der Waals surface area contributed by atoms with Crippen LogP contribution in [0.4, 0.5) is 5.95 Å². The first kappa shape index (κ1) is 18.1. The summed E-state index contributed by atoms with van der Waals surface area (Å²) in [5.41, 5.74) is 4.83. The maximum Gasteiger partial charge on any atom is 0.354 e. The fourth-order valence-corrected chi connectivity index (χ4v) is 3.11. The van der Waals surface area contributed by atoms with Crippen LogP contribution in [0.5, 0.6) is 0 Å². The number of nitrogens with two attached hydrogens (primary N) is 1. The van der Waals surface area contributed by atoms with Crippen molar-refractivity contribution in [1.29, 1.82) is 0 Å². The lowest BCUT2D eigenvalue weighted by Gasteiger charge is -2.37.